The van der Waals surface area contributed by atoms with E-state index in [9.17, 15) is 0 Å². The minimum atomic E-state index is -1.82. The normalized spacial score (nSPS) is 16.8. The Balaban J connectivity index is 0.000000568. The van der Waals surface area contributed by atoms with Crippen molar-refractivity contribution >= 4 is 35.1 Å². The van der Waals surface area contributed by atoms with E-state index < -0.39 is 11.9 Å². The van der Waals surface area contributed by atoms with Gasteiger partial charge in [-0.3, -0.25) is 0 Å². The number of halogens is 2. The number of hydrogen-bond acceptors (Lipinski definition) is 4. The monoisotopic (exact) mass is 433 g/mol. The van der Waals surface area contributed by atoms with Crippen molar-refractivity contribution in [3.8, 4) is 5.75 Å². The second-order valence-corrected chi connectivity index (χ2v) is 7.53. The van der Waals surface area contributed by atoms with Crippen LogP contribution in [-0.4, -0.2) is 52.8 Å². The molecule has 6 nitrogen and oxygen atoms in total. The zero-order chi connectivity index (χ0) is 20.9. The molecular formula is C20H29Cl2NO5. The van der Waals surface area contributed by atoms with Gasteiger partial charge in [-0.25, -0.2) is 9.59 Å². The van der Waals surface area contributed by atoms with E-state index in [4.69, 9.17) is 47.7 Å². The highest BCUT2D eigenvalue weighted by Gasteiger charge is 2.21. The average Bonchev–Trinajstić information content (AvgIpc) is 2.66. The quantitative estimate of drug-likeness (QED) is 0.444. The Morgan fingerprint density at radius 3 is 2.46 bits per heavy atom. The van der Waals surface area contributed by atoms with E-state index in [0.717, 1.165) is 18.8 Å². The molecule has 8 heteroatoms. The Labute approximate surface area is 176 Å². The molecule has 0 saturated carbocycles. The standard InChI is InChI=1S/C18H27Cl2NO.C2H2O4/c1-2-3-5-11-21-12-6-4-7-15(21)10-13-22-16-8-9-17(19)18(20)14-16;3-1(4)2(5)6/h8-9,14-15H,2-7,10-13H2,1H3;(H,3,4)(H,5,6). The third-order valence-electron chi connectivity index (χ3n) is 4.59. The SMILES string of the molecule is CCCCCN1CCCCC1CCOc1ccc(Cl)c(Cl)c1.O=C(O)C(=O)O. The Bertz CT molecular complexity index is 615. The number of carboxylic acid groups (broad SMARTS) is 2. The van der Waals surface area contributed by atoms with Crippen LogP contribution in [0.25, 0.3) is 0 Å². The number of benzene rings is 1. The number of ether oxygens (including phenoxy) is 1. The first kappa shape index (κ1) is 24.5. The van der Waals surface area contributed by atoms with Crippen LogP contribution in [0, 0.1) is 0 Å². The smallest absolute Gasteiger partial charge is 0.414 e. The van der Waals surface area contributed by atoms with E-state index in [1.807, 2.05) is 6.07 Å². The molecule has 0 aromatic heterocycles. The van der Waals surface area contributed by atoms with E-state index in [2.05, 4.69) is 11.8 Å². The highest BCUT2D eigenvalue weighted by molar-refractivity contribution is 6.42. The lowest BCUT2D eigenvalue weighted by molar-refractivity contribution is -0.159. The fourth-order valence-corrected chi connectivity index (χ4v) is 3.41. The summed E-state index contributed by atoms with van der Waals surface area (Å²) in [7, 11) is 0. The fourth-order valence-electron chi connectivity index (χ4n) is 3.13. The summed E-state index contributed by atoms with van der Waals surface area (Å²) < 4.78 is 5.85. The first-order chi connectivity index (χ1) is 13.3. The van der Waals surface area contributed by atoms with Crippen LogP contribution < -0.4 is 4.74 Å². The molecule has 2 N–H and O–H groups in total. The summed E-state index contributed by atoms with van der Waals surface area (Å²) >= 11 is 11.9. The molecule has 1 aliphatic rings. The van der Waals surface area contributed by atoms with Crippen LogP contribution in [0.2, 0.25) is 10.0 Å². The summed E-state index contributed by atoms with van der Waals surface area (Å²) in [4.78, 5) is 20.9. The van der Waals surface area contributed by atoms with Gasteiger partial charge in [-0.1, -0.05) is 49.4 Å². The number of aliphatic carboxylic acids is 2. The predicted octanol–water partition coefficient (Wildman–Crippen LogP) is 4.96. The first-order valence-corrected chi connectivity index (χ1v) is 10.4. The lowest BCUT2D eigenvalue weighted by Crippen LogP contribution is -2.40. The number of piperidine rings is 1. The molecule has 1 atom stereocenters. The third kappa shape index (κ3) is 9.62. The van der Waals surface area contributed by atoms with Gasteiger partial charge in [-0.15, -0.1) is 0 Å². The van der Waals surface area contributed by atoms with Gasteiger partial charge in [0.2, 0.25) is 0 Å². The second-order valence-electron chi connectivity index (χ2n) is 6.72. The molecule has 0 aliphatic carbocycles. The zero-order valence-corrected chi connectivity index (χ0v) is 17.7. The van der Waals surface area contributed by atoms with E-state index in [1.54, 1.807) is 12.1 Å². The third-order valence-corrected chi connectivity index (χ3v) is 5.33. The van der Waals surface area contributed by atoms with Crippen LogP contribution >= 0.6 is 23.2 Å². The maximum Gasteiger partial charge on any atom is 0.414 e. The summed E-state index contributed by atoms with van der Waals surface area (Å²) in [6.07, 6.45) is 9.03. The summed E-state index contributed by atoms with van der Waals surface area (Å²) in [6, 6.07) is 6.14. The minimum absolute atomic E-state index is 0.554. The van der Waals surface area contributed by atoms with Crippen LogP contribution in [0.15, 0.2) is 18.2 Å². The molecule has 1 fully saturated rings. The van der Waals surface area contributed by atoms with Gasteiger partial charge in [0.25, 0.3) is 0 Å². The molecule has 0 bridgehead atoms. The van der Waals surface area contributed by atoms with Crippen LogP contribution in [0.3, 0.4) is 0 Å². The molecule has 1 unspecified atom stereocenters. The zero-order valence-electron chi connectivity index (χ0n) is 16.2. The molecule has 158 valence electrons. The maximum atomic E-state index is 9.10. The van der Waals surface area contributed by atoms with Gasteiger partial charge in [-0.2, -0.15) is 0 Å². The number of nitrogens with zero attached hydrogens (tertiary/aromatic N) is 1. The molecule has 1 heterocycles. The Hall–Kier alpha value is -1.50. The lowest BCUT2D eigenvalue weighted by Gasteiger charge is -2.35. The van der Waals surface area contributed by atoms with Gasteiger partial charge >= 0.3 is 11.9 Å². The molecule has 1 aromatic carbocycles. The highest BCUT2D eigenvalue weighted by Crippen LogP contribution is 2.27. The summed E-state index contributed by atoms with van der Waals surface area (Å²) in [5.41, 5.74) is 0. The first-order valence-electron chi connectivity index (χ1n) is 9.63. The molecule has 1 aliphatic heterocycles. The van der Waals surface area contributed by atoms with Gasteiger partial charge in [0.1, 0.15) is 5.75 Å². The van der Waals surface area contributed by atoms with Gasteiger partial charge in [0, 0.05) is 12.1 Å². The topological polar surface area (TPSA) is 87.1 Å². The van der Waals surface area contributed by atoms with Crippen LogP contribution in [0.1, 0.15) is 51.9 Å². The van der Waals surface area contributed by atoms with Gasteiger partial charge < -0.3 is 19.8 Å². The van der Waals surface area contributed by atoms with Gasteiger partial charge in [0.05, 0.1) is 16.7 Å². The van der Waals surface area contributed by atoms with E-state index in [0.29, 0.717) is 16.1 Å². The van der Waals surface area contributed by atoms with Crippen molar-refractivity contribution in [2.75, 3.05) is 19.7 Å². The Kier molecular flexibility index (Phi) is 12.0. The van der Waals surface area contributed by atoms with Crippen molar-refractivity contribution in [1.82, 2.24) is 4.90 Å². The number of likely N-dealkylation sites (tertiary alicyclic amines) is 1. The van der Waals surface area contributed by atoms with Crippen LogP contribution in [-0.2, 0) is 9.59 Å². The van der Waals surface area contributed by atoms with Crippen molar-refractivity contribution in [3.05, 3.63) is 28.2 Å². The van der Waals surface area contributed by atoms with E-state index in [-0.39, 0.29) is 0 Å². The molecule has 2 rings (SSSR count). The molecule has 0 spiro atoms. The Morgan fingerprint density at radius 2 is 1.86 bits per heavy atom. The Morgan fingerprint density at radius 1 is 1.14 bits per heavy atom. The summed E-state index contributed by atoms with van der Waals surface area (Å²) in [5, 5.41) is 15.9. The summed E-state index contributed by atoms with van der Waals surface area (Å²) in [5.74, 6) is -2.84. The molecule has 0 radical (unpaired) electrons. The molecule has 28 heavy (non-hydrogen) atoms. The number of hydrogen-bond donors (Lipinski definition) is 2. The van der Waals surface area contributed by atoms with Crippen molar-refractivity contribution in [2.24, 2.45) is 0 Å². The predicted molar refractivity (Wildman–Crippen MR) is 111 cm³/mol. The lowest BCUT2D eigenvalue weighted by atomic mass is 9.99. The highest BCUT2D eigenvalue weighted by atomic mass is 35.5. The molecule has 1 saturated heterocycles. The van der Waals surface area contributed by atoms with Crippen molar-refractivity contribution in [3.63, 3.8) is 0 Å². The van der Waals surface area contributed by atoms with Crippen LogP contribution in [0.5, 0.6) is 5.75 Å². The average molecular weight is 434 g/mol. The maximum absolute atomic E-state index is 9.10. The van der Waals surface area contributed by atoms with Crippen molar-refractivity contribution < 1.29 is 24.5 Å². The minimum Gasteiger partial charge on any atom is -0.493 e. The van der Waals surface area contributed by atoms with Gasteiger partial charge in [0.15, 0.2) is 0 Å². The molecule has 0 amide bonds. The second kappa shape index (κ2) is 13.6. The number of carbonyl (C=O) groups is 2. The largest absolute Gasteiger partial charge is 0.493 e. The van der Waals surface area contributed by atoms with E-state index >= 15 is 0 Å². The fraction of sp³-hybridized carbons (Fsp3) is 0.600. The number of unbranched alkanes of at least 4 members (excludes halogenated alkanes) is 2. The van der Waals surface area contributed by atoms with Gasteiger partial charge in [-0.05, 0) is 50.9 Å². The van der Waals surface area contributed by atoms with Crippen LogP contribution in [0.4, 0.5) is 0 Å². The van der Waals surface area contributed by atoms with Crippen molar-refractivity contribution in [2.45, 2.75) is 57.9 Å². The molecule has 1 aromatic rings. The van der Waals surface area contributed by atoms with Crippen molar-refractivity contribution in [1.29, 1.82) is 0 Å². The summed E-state index contributed by atoms with van der Waals surface area (Å²) in [6.45, 7) is 5.50. The molecular weight excluding hydrogens is 405 g/mol. The number of carboxylic acids is 2. The van der Waals surface area contributed by atoms with E-state index in [1.165, 1.54) is 51.6 Å². The number of rotatable bonds is 8.